The Balaban J connectivity index is 2.32. The second-order valence-electron chi connectivity index (χ2n) is 3.75. The van der Waals surface area contributed by atoms with Gasteiger partial charge in [0.2, 0.25) is 5.91 Å². The van der Waals surface area contributed by atoms with E-state index in [-0.39, 0.29) is 18.5 Å². The Kier molecular flexibility index (Phi) is 4.71. The minimum atomic E-state index is -0.989. The molecule has 6 heteroatoms. The quantitative estimate of drug-likeness (QED) is 0.674. The van der Waals surface area contributed by atoms with Gasteiger partial charge in [0.15, 0.2) is 0 Å². The highest BCUT2D eigenvalue weighted by atomic mass is 16.4. The molecule has 17 heavy (non-hydrogen) atoms. The fraction of sp³-hybridized carbons (Fsp3) is 0.455. The number of carbonyl (C=O) groups is 2. The van der Waals surface area contributed by atoms with Crippen molar-refractivity contribution in [2.75, 3.05) is 6.54 Å². The lowest BCUT2D eigenvalue weighted by Gasteiger charge is -2.13. The van der Waals surface area contributed by atoms with E-state index in [1.807, 2.05) is 0 Å². The summed E-state index contributed by atoms with van der Waals surface area (Å²) >= 11 is 0. The van der Waals surface area contributed by atoms with Gasteiger partial charge in [-0.1, -0.05) is 0 Å². The van der Waals surface area contributed by atoms with Crippen molar-refractivity contribution in [2.24, 2.45) is 0 Å². The largest absolute Gasteiger partial charge is 0.480 e. The summed E-state index contributed by atoms with van der Waals surface area (Å²) in [5.74, 6) is -0.608. The molecule has 1 aromatic heterocycles. The van der Waals surface area contributed by atoms with Crippen LogP contribution >= 0.6 is 0 Å². The third-order valence-electron chi connectivity index (χ3n) is 2.29. The number of hydrogen-bond acceptors (Lipinski definition) is 4. The van der Waals surface area contributed by atoms with Crippen molar-refractivity contribution >= 4 is 11.9 Å². The van der Waals surface area contributed by atoms with Gasteiger partial charge in [0, 0.05) is 0 Å². The maximum atomic E-state index is 11.5. The van der Waals surface area contributed by atoms with Crippen LogP contribution in [0.1, 0.15) is 25.6 Å². The van der Waals surface area contributed by atoms with Crippen LogP contribution in [-0.4, -0.2) is 29.6 Å². The molecule has 1 heterocycles. The smallest absolute Gasteiger partial charge is 0.320 e. The average Bonchev–Trinajstić information content (AvgIpc) is 2.78. The Labute approximate surface area is 99.0 Å². The minimum Gasteiger partial charge on any atom is -0.480 e. The maximum Gasteiger partial charge on any atom is 0.320 e. The highest BCUT2D eigenvalue weighted by Gasteiger charge is 2.14. The number of carboxylic acids is 1. The zero-order valence-corrected chi connectivity index (χ0v) is 9.77. The van der Waals surface area contributed by atoms with E-state index in [0.717, 1.165) is 0 Å². The monoisotopic (exact) mass is 240 g/mol. The van der Waals surface area contributed by atoms with E-state index in [4.69, 9.17) is 9.52 Å². The minimum absolute atomic E-state index is 0.0431. The van der Waals surface area contributed by atoms with Crippen LogP contribution in [0, 0.1) is 0 Å². The number of aliphatic carboxylic acids is 1. The van der Waals surface area contributed by atoms with E-state index in [1.54, 1.807) is 19.1 Å². The molecular formula is C11H16N2O4. The second-order valence-corrected chi connectivity index (χ2v) is 3.75. The number of rotatable bonds is 6. The SMILES string of the molecule is CC(NC(=O)CN[C@@H](C)C(=O)O)c1ccco1. The van der Waals surface area contributed by atoms with E-state index in [1.165, 1.54) is 13.2 Å². The van der Waals surface area contributed by atoms with Gasteiger partial charge < -0.3 is 14.8 Å². The molecular weight excluding hydrogens is 224 g/mol. The Hall–Kier alpha value is -1.82. The van der Waals surface area contributed by atoms with Crippen molar-refractivity contribution < 1.29 is 19.1 Å². The number of nitrogens with one attached hydrogen (secondary N) is 2. The topological polar surface area (TPSA) is 91.6 Å². The van der Waals surface area contributed by atoms with Crippen molar-refractivity contribution in [1.29, 1.82) is 0 Å². The first-order valence-corrected chi connectivity index (χ1v) is 5.29. The molecule has 1 rings (SSSR count). The van der Waals surface area contributed by atoms with Gasteiger partial charge in [0.05, 0.1) is 18.8 Å². The fourth-order valence-electron chi connectivity index (χ4n) is 1.23. The van der Waals surface area contributed by atoms with Crippen molar-refractivity contribution in [1.82, 2.24) is 10.6 Å². The van der Waals surface area contributed by atoms with Gasteiger partial charge in [0.1, 0.15) is 11.8 Å². The van der Waals surface area contributed by atoms with E-state index >= 15 is 0 Å². The van der Waals surface area contributed by atoms with E-state index in [0.29, 0.717) is 5.76 Å². The standard InChI is InChI=1S/C11H16N2O4/c1-7(9-4-3-5-17-9)13-10(14)6-12-8(2)11(15)16/h3-5,7-8,12H,6H2,1-2H3,(H,13,14)(H,15,16)/t7?,8-/m0/s1. The Bertz CT molecular complexity index is 375. The molecule has 2 atom stereocenters. The molecule has 0 bridgehead atoms. The molecule has 0 aliphatic rings. The maximum absolute atomic E-state index is 11.5. The summed E-state index contributed by atoms with van der Waals surface area (Å²) in [5.41, 5.74) is 0. The molecule has 0 radical (unpaired) electrons. The van der Waals surface area contributed by atoms with Crippen LogP contribution in [0.15, 0.2) is 22.8 Å². The van der Waals surface area contributed by atoms with E-state index < -0.39 is 12.0 Å². The first kappa shape index (κ1) is 13.2. The van der Waals surface area contributed by atoms with Gasteiger partial charge in [-0.15, -0.1) is 0 Å². The number of furan rings is 1. The van der Waals surface area contributed by atoms with Gasteiger partial charge in [-0.05, 0) is 26.0 Å². The first-order chi connectivity index (χ1) is 8.00. The zero-order valence-electron chi connectivity index (χ0n) is 9.77. The van der Waals surface area contributed by atoms with E-state index in [2.05, 4.69) is 10.6 Å². The Morgan fingerprint density at radius 1 is 1.47 bits per heavy atom. The lowest BCUT2D eigenvalue weighted by Crippen LogP contribution is -2.41. The molecule has 1 aromatic rings. The molecule has 6 nitrogen and oxygen atoms in total. The Morgan fingerprint density at radius 2 is 2.18 bits per heavy atom. The van der Waals surface area contributed by atoms with Crippen molar-refractivity contribution in [3.05, 3.63) is 24.2 Å². The molecule has 0 aromatic carbocycles. The van der Waals surface area contributed by atoms with Crippen molar-refractivity contribution in [2.45, 2.75) is 25.9 Å². The summed E-state index contributed by atoms with van der Waals surface area (Å²) in [7, 11) is 0. The third-order valence-corrected chi connectivity index (χ3v) is 2.29. The highest BCUT2D eigenvalue weighted by molar-refractivity contribution is 5.80. The predicted molar refractivity (Wildman–Crippen MR) is 60.4 cm³/mol. The van der Waals surface area contributed by atoms with Crippen molar-refractivity contribution in [3.63, 3.8) is 0 Å². The summed E-state index contributed by atoms with van der Waals surface area (Å²) in [6, 6.07) is 2.51. The van der Waals surface area contributed by atoms with Gasteiger partial charge in [0.25, 0.3) is 0 Å². The van der Waals surface area contributed by atoms with Crippen LogP contribution in [0.4, 0.5) is 0 Å². The van der Waals surface area contributed by atoms with Gasteiger partial charge >= 0.3 is 5.97 Å². The Morgan fingerprint density at radius 3 is 2.71 bits per heavy atom. The molecule has 1 unspecified atom stereocenters. The molecule has 0 spiro atoms. The molecule has 0 saturated heterocycles. The lowest BCUT2D eigenvalue weighted by atomic mass is 10.2. The zero-order chi connectivity index (χ0) is 12.8. The number of carboxylic acid groups (broad SMARTS) is 1. The third kappa shape index (κ3) is 4.28. The summed E-state index contributed by atoms with van der Waals surface area (Å²) in [4.78, 5) is 22.0. The van der Waals surface area contributed by atoms with Crippen LogP contribution in [0.25, 0.3) is 0 Å². The first-order valence-electron chi connectivity index (χ1n) is 5.29. The number of amides is 1. The lowest BCUT2D eigenvalue weighted by molar-refractivity contribution is -0.139. The molecule has 1 amide bonds. The number of carbonyl (C=O) groups excluding carboxylic acids is 1. The predicted octanol–water partition coefficient (Wildman–Crippen LogP) is 0.520. The second kappa shape index (κ2) is 6.05. The van der Waals surface area contributed by atoms with Crippen LogP contribution < -0.4 is 10.6 Å². The normalized spacial score (nSPS) is 14.0. The molecule has 0 aliphatic heterocycles. The average molecular weight is 240 g/mol. The molecule has 3 N–H and O–H groups in total. The molecule has 0 saturated carbocycles. The molecule has 0 fully saturated rings. The number of hydrogen-bond donors (Lipinski definition) is 3. The summed E-state index contributed by atoms with van der Waals surface area (Å²) in [5, 5.41) is 13.9. The van der Waals surface area contributed by atoms with Crippen LogP contribution in [0.3, 0.4) is 0 Å². The van der Waals surface area contributed by atoms with Crippen LogP contribution in [0.5, 0.6) is 0 Å². The van der Waals surface area contributed by atoms with Gasteiger partial charge in [-0.2, -0.15) is 0 Å². The van der Waals surface area contributed by atoms with Gasteiger partial charge in [-0.25, -0.2) is 0 Å². The molecule has 94 valence electrons. The molecule has 0 aliphatic carbocycles. The fourth-order valence-corrected chi connectivity index (χ4v) is 1.23. The van der Waals surface area contributed by atoms with Crippen molar-refractivity contribution in [3.8, 4) is 0 Å². The summed E-state index contributed by atoms with van der Waals surface area (Å²) in [6.45, 7) is 3.22. The van der Waals surface area contributed by atoms with Gasteiger partial charge in [-0.3, -0.25) is 14.9 Å². The highest BCUT2D eigenvalue weighted by Crippen LogP contribution is 2.11. The summed E-state index contributed by atoms with van der Waals surface area (Å²) < 4.78 is 5.13. The summed E-state index contributed by atoms with van der Waals surface area (Å²) in [6.07, 6.45) is 1.53. The van der Waals surface area contributed by atoms with Crippen LogP contribution in [-0.2, 0) is 9.59 Å². The van der Waals surface area contributed by atoms with Crippen LogP contribution in [0.2, 0.25) is 0 Å². The van der Waals surface area contributed by atoms with E-state index in [9.17, 15) is 9.59 Å².